The summed E-state index contributed by atoms with van der Waals surface area (Å²) in [4.78, 5) is 10.1. The number of benzene rings is 1. The monoisotopic (exact) mass is 236 g/mol. The molecule has 0 aliphatic carbocycles. The lowest BCUT2D eigenvalue weighted by Gasteiger charge is -2.02. The molecule has 7 heteroatoms. The van der Waals surface area contributed by atoms with Crippen LogP contribution in [0.5, 0.6) is 0 Å². The minimum Gasteiger partial charge on any atom is -0.411 e. The summed E-state index contributed by atoms with van der Waals surface area (Å²) in [6.07, 6.45) is 0. The molecule has 7 nitrogen and oxygen atoms in total. The van der Waals surface area contributed by atoms with Crippen LogP contribution in [0.3, 0.4) is 0 Å². The molecule has 1 rings (SSSR count). The van der Waals surface area contributed by atoms with Gasteiger partial charge in [0.05, 0.1) is 22.0 Å². The Morgan fingerprint density at radius 2 is 2.12 bits per heavy atom. The second-order valence-corrected chi connectivity index (χ2v) is 3.30. The van der Waals surface area contributed by atoms with Crippen molar-refractivity contribution < 1.29 is 10.1 Å². The lowest BCUT2D eigenvalue weighted by Crippen LogP contribution is -2.08. The molecule has 0 aromatic heterocycles. The van der Waals surface area contributed by atoms with Crippen molar-refractivity contribution in [1.82, 2.24) is 0 Å². The number of anilines is 1. The summed E-state index contributed by atoms with van der Waals surface area (Å²) in [5, 5.41) is 25.9. The zero-order valence-corrected chi connectivity index (χ0v) is 9.41. The van der Waals surface area contributed by atoms with Gasteiger partial charge in [-0.05, 0) is 19.9 Å². The highest BCUT2D eigenvalue weighted by molar-refractivity contribution is 6.40. The first-order valence-electron chi connectivity index (χ1n) is 4.78. The topological polar surface area (TPSA) is 100 Å². The molecule has 0 heterocycles. The Hall–Kier alpha value is -2.44. The summed E-state index contributed by atoms with van der Waals surface area (Å²) >= 11 is 0. The van der Waals surface area contributed by atoms with Crippen molar-refractivity contribution in [3.63, 3.8) is 0 Å². The van der Waals surface area contributed by atoms with Gasteiger partial charge < -0.3 is 5.21 Å². The Kier molecular flexibility index (Phi) is 4.15. The van der Waals surface area contributed by atoms with Gasteiger partial charge in [-0.2, -0.15) is 5.10 Å². The summed E-state index contributed by atoms with van der Waals surface area (Å²) in [7, 11) is 0. The van der Waals surface area contributed by atoms with Crippen LogP contribution in [0, 0.1) is 10.1 Å². The number of nitro groups is 1. The van der Waals surface area contributed by atoms with E-state index in [1.165, 1.54) is 12.1 Å². The van der Waals surface area contributed by atoms with Gasteiger partial charge in [-0.3, -0.25) is 15.5 Å². The van der Waals surface area contributed by atoms with Gasteiger partial charge in [0.25, 0.3) is 5.69 Å². The molecule has 0 amide bonds. The van der Waals surface area contributed by atoms with E-state index < -0.39 is 4.92 Å². The van der Waals surface area contributed by atoms with Gasteiger partial charge >= 0.3 is 0 Å². The minimum absolute atomic E-state index is 0.0181. The molecule has 90 valence electrons. The SMILES string of the molecule is CC(=N\O)/C(C)=N/Nc1cccc([N+](=O)[O-])c1. The first kappa shape index (κ1) is 12.6. The lowest BCUT2D eigenvalue weighted by atomic mass is 10.3. The van der Waals surface area contributed by atoms with Crippen LogP contribution in [0.25, 0.3) is 0 Å². The first-order valence-corrected chi connectivity index (χ1v) is 4.78. The maximum atomic E-state index is 10.5. The van der Waals surface area contributed by atoms with Crippen LogP contribution in [0.4, 0.5) is 11.4 Å². The number of hydrazone groups is 1. The Morgan fingerprint density at radius 1 is 1.41 bits per heavy atom. The molecule has 0 fully saturated rings. The standard InChI is InChI=1S/C10H12N4O3/c1-7(8(2)13-15)11-12-9-4-3-5-10(6-9)14(16)17/h3-6,12,15H,1-2H3/b11-7+,13-8+. The van der Waals surface area contributed by atoms with Crippen molar-refractivity contribution in [3.05, 3.63) is 34.4 Å². The number of rotatable bonds is 4. The molecule has 0 aliphatic heterocycles. The van der Waals surface area contributed by atoms with E-state index in [-0.39, 0.29) is 5.69 Å². The molecular weight excluding hydrogens is 224 g/mol. The fraction of sp³-hybridized carbons (Fsp3) is 0.200. The molecule has 0 saturated heterocycles. The Labute approximate surface area is 97.6 Å². The van der Waals surface area contributed by atoms with Crippen LogP contribution < -0.4 is 5.43 Å². The fourth-order valence-corrected chi connectivity index (χ4v) is 0.991. The average Bonchev–Trinajstić information content (AvgIpc) is 2.35. The van der Waals surface area contributed by atoms with Crippen molar-refractivity contribution in [2.24, 2.45) is 10.3 Å². The first-order chi connectivity index (χ1) is 8.04. The second-order valence-electron chi connectivity index (χ2n) is 3.30. The number of oxime groups is 1. The third-order valence-electron chi connectivity index (χ3n) is 2.08. The van der Waals surface area contributed by atoms with E-state index in [1.54, 1.807) is 26.0 Å². The number of hydrogen-bond donors (Lipinski definition) is 2. The highest BCUT2D eigenvalue weighted by atomic mass is 16.6. The average molecular weight is 236 g/mol. The number of hydrogen-bond acceptors (Lipinski definition) is 6. The van der Waals surface area contributed by atoms with Gasteiger partial charge in [0.2, 0.25) is 0 Å². The van der Waals surface area contributed by atoms with Crippen LogP contribution in [-0.2, 0) is 0 Å². The molecule has 0 atom stereocenters. The van der Waals surface area contributed by atoms with Crippen molar-refractivity contribution >= 4 is 22.8 Å². The van der Waals surface area contributed by atoms with Gasteiger partial charge in [0, 0.05) is 12.1 Å². The summed E-state index contributed by atoms with van der Waals surface area (Å²) in [6, 6.07) is 5.96. The summed E-state index contributed by atoms with van der Waals surface area (Å²) < 4.78 is 0. The molecule has 0 bridgehead atoms. The minimum atomic E-state index is -0.484. The van der Waals surface area contributed by atoms with Crippen LogP contribution in [0.2, 0.25) is 0 Å². The zero-order chi connectivity index (χ0) is 12.8. The smallest absolute Gasteiger partial charge is 0.271 e. The summed E-state index contributed by atoms with van der Waals surface area (Å²) in [6.45, 7) is 3.24. The van der Waals surface area contributed by atoms with Crippen molar-refractivity contribution in [2.45, 2.75) is 13.8 Å². The van der Waals surface area contributed by atoms with E-state index >= 15 is 0 Å². The van der Waals surface area contributed by atoms with Crippen LogP contribution in [-0.4, -0.2) is 21.6 Å². The maximum absolute atomic E-state index is 10.5. The molecule has 2 N–H and O–H groups in total. The van der Waals surface area contributed by atoms with E-state index in [2.05, 4.69) is 15.7 Å². The molecule has 0 spiro atoms. The van der Waals surface area contributed by atoms with Crippen LogP contribution in [0.15, 0.2) is 34.5 Å². The highest BCUT2D eigenvalue weighted by Gasteiger charge is 2.05. The number of nitrogens with one attached hydrogen (secondary N) is 1. The molecular formula is C10H12N4O3. The maximum Gasteiger partial charge on any atom is 0.271 e. The van der Waals surface area contributed by atoms with Gasteiger partial charge in [0.15, 0.2) is 0 Å². The Balaban J connectivity index is 2.83. The summed E-state index contributed by atoms with van der Waals surface area (Å²) in [5.41, 5.74) is 3.97. The fourth-order valence-electron chi connectivity index (χ4n) is 0.991. The van der Waals surface area contributed by atoms with Crippen LogP contribution in [0.1, 0.15) is 13.8 Å². The van der Waals surface area contributed by atoms with Crippen molar-refractivity contribution in [3.8, 4) is 0 Å². The summed E-state index contributed by atoms with van der Waals surface area (Å²) in [5.74, 6) is 0. The van der Waals surface area contributed by atoms with E-state index in [0.29, 0.717) is 17.1 Å². The molecule has 0 unspecified atom stereocenters. The second kappa shape index (κ2) is 5.59. The van der Waals surface area contributed by atoms with Crippen molar-refractivity contribution in [1.29, 1.82) is 0 Å². The Morgan fingerprint density at radius 3 is 2.71 bits per heavy atom. The number of non-ortho nitro benzene ring substituents is 1. The third kappa shape index (κ3) is 3.56. The molecule has 0 aliphatic rings. The largest absolute Gasteiger partial charge is 0.411 e. The van der Waals surface area contributed by atoms with E-state index in [9.17, 15) is 10.1 Å². The molecule has 1 aromatic rings. The van der Waals surface area contributed by atoms with Crippen LogP contribution >= 0.6 is 0 Å². The molecule has 1 aromatic carbocycles. The highest BCUT2D eigenvalue weighted by Crippen LogP contribution is 2.16. The predicted molar refractivity (Wildman–Crippen MR) is 64.7 cm³/mol. The van der Waals surface area contributed by atoms with E-state index in [1.807, 2.05) is 0 Å². The van der Waals surface area contributed by atoms with Gasteiger partial charge in [-0.25, -0.2) is 0 Å². The van der Waals surface area contributed by atoms with Gasteiger partial charge in [-0.15, -0.1) is 0 Å². The predicted octanol–water partition coefficient (Wildman–Crippen LogP) is 2.23. The number of nitrogens with zero attached hydrogens (tertiary/aromatic N) is 3. The van der Waals surface area contributed by atoms with Crippen molar-refractivity contribution in [2.75, 3.05) is 5.43 Å². The third-order valence-corrected chi connectivity index (χ3v) is 2.08. The van der Waals surface area contributed by atoms with E-state index in [4.69, 9.17) is 5.21 Å². The van der Waals surface area contributed by atoms with Gasteiger partial charge in [0.1, 0.15) is 0 Å². The Bertz CT molecular complexity index is 482. The zero-order valence-electron chi connectivity index (χ0n) is 9.41. The normalized spacial score (nSPS) is 12.4. The molecule has 17 heavy (non-hydrogen) atoms. The van der Waals surface area contributed by atoms with E-state index in [0.717, 1.165) is 0 Å². The molecule has 0 radical (unpaired) electrons. The molecule has 0 saturated carbocycles. The number of nitro benzene ring substituents is 1. The quantitative estimate of drug-likeness (QED) is 0.362. The lowest BCUT2D eigenvalue weighted by molar-refractivity contribution is -0.384. The van der Waals surface area contributed by atoms with Gasteiger partial charge in [-0.1, -0.05) is 11.2 Å².